The molecule has 0 aliphatic heterocycles. The minimum absolute atomic E-state index is 0.113. The van der Waals surface area contributed by atoms with Crippen LogP contribution < -0.4 is 5.56 Å². The zero-order chi connectivity index (χ0) is 18.4. The van der Waals surface area contributed by atoms with Gasteiger partial charge < -0.3 is 4.98 Å². The summed E-state index contributed by atoms with van der Waals surface area (Å²) >= 11 is 7.70. The molecule has 1 N–H and O–H groups in total. The molecule has 0 bridgehead atoms. The third kappa shape index (κ3) is 2.85. The molecule has 2 heterocycles. The van der Waals surface area contributed by atoms with Gasteiger partial charge >= 0.3 is 0 Å². The first-order valence-electron chi connectivity index (χ1n) is 8.31. The molecule has 26 heavy (non-hydrogen) atoms. The third-order valence-corrected chi connectivity index (χ3v) is 5.90. The van der Waals surface area contributed by atoms with E-state index in [-0.39, 0.29) is 5.56 Å². The summed E-state index contributed by atoms with van der Waals surface area (Å²) in [4.78, 5) is 22.4. The smallest absolute Gasteiger partial charge is 0.260 e. The van der Waals surface area contributed by atoms with Crippen molar-refractivity contribution in [1.82, 2.24) is 9.97 Å². The lowest BCUT2D eigenvalue weighted by Gasteiger charge is -2.06. The van der Waals surface area contributed by atoms with Gasteiger partial charge in [-0.25, -0.2) is 4.98 Å². The number of H-pyrrole nitrogens is 1. The first kappa shape index (κ1) is 17.0. The fourth-order valence-corrected chi connectivity index (χ4v) is 4.36. The van der Waals surface area contributed by atoms with E-state index in [4.69, 9.17) is 16.6 Å². The van der Waals surface area contributed by atoms with Crippen LogP contribution in [0.15, 0.2) is 47.3 Å². The number of aromatic amines is 1. The van der Waals surface area contributed by atoms with Gasteiger partial charge in [0.1, 0.15) is 10.7 Å². The summed E-state index contributed by atoms with van der Waals surface area (Å²) in [7, 11) is 0. The minimum Gasteiger partial charge on any atom is -0.306 e. The Morgan fingerprint density at radius 1 is 1.04 bits per heavy atom. The van der Waals surface area contributed by atoms with Crippen LogP contribution in [0.1, 0.15) is 16.0 Å². The minimum atomic E-state index is -0.113. The topological polar surface area (TPSA) is 45.8 Å². The average molecular weight is 381 g/mol. The van der Waals surface area contributed by atoms with Gasteiger partial charge in [-0.2, -0.15) is 0 Å². The molecule has 0 aliphatic carbocycles. The number of hydrogen-bond donors (Lipinski definition) is 1. The largest absolute Gasteiger partial charge is 0.306 e. The number of halogens is 1. The van der Waals surface area contributed by atoms with Gasteiger partial charge in [0, 0.05) is 21.0 Å². The highest BCUT2D eigenvalue weighted by molar-refractivity contribution is 7.19. The summed E-state index contributed by atoms with van der Waals surface area (Å²) in [5.74, 6) is 0.603. The Bertz CT molecular complexity index is 1210. The second-order valence-corrected chi connectivity index (χ2v) is 8.07. The highest BCUT2D eigenvalue weighted by Crippen LogP contribution is 2.37. The zero-order valence-electron chi connectivity index (χ0n) is 14.7. The lowest BCUT2D eigenvalue weighted by molar-refractivity contribution is 1.19. The standard InChI is InChI=1S/C21H17ClN2OS/c1-11-5-4-6-15(9-11)19-23-20(25)18-17(13(3)26-21(18)24-19)14-7-8-16(22)12(2)10-14/h4-10H,1-3H3,(H,23,24,25). The van der Waals surface area contributed by atoms with Gasteiger partial charge in [-0.05, 0) is 50.1 Å². The molecule has 0 saturated heterocycles. The number of thiophene rings is 1. The molecule has 0 saturated carbocycles. The Hall–Kier alpha value is -2.43. The molecule has 4 aromatic rings. The molecule has 0 spiro atoms. The molecule has 5 heteroatoms. The van der Waals surface area contributed by atoms with Crippen LogP contribution in [-0.4, -0.2) is 9.97 Å². The number of benzene rings is 2. The van der Waals surface area contributed by atoms with E-state index in [1.54, 1.807) is 11.3 Å². The highest BCUT2D eigenvalue weighted by Gasteiger charge is 2.17. The molecule has 0 radical (unpaired) electrons. The predicted octanol–water partition coefficient (Wildman–Crippen LogP) is 5.90. The second-order valence-electron chi connectivity index (χ2n) is 6.46. The van der Waals surface area contributed by atoms with Gasteiger partial charge in [0.15, 0.2) is 0 Å². The molecule has 0 fully saturated rings. The summed E-state index contributed by atoms with van der Waals surface area (Å²) in [6.07, 6.45) is 0. The van der Waals surface area contributed by atoms with E-state index in [0.717, 1.165) is 42.5 Å². The van der Waals surface area contributed by atoms with Crippen molar-refractivity contribution in [3.05, 3.63) is 73.8 Å². The maximum Gasteiger partial charge on any atom is 0.260 e. The molecular formula is C21H17ClN2OS. The molecule has 2 aromatic carbocycles. The van der Waals surface area contributed by atoms with E-state index in [1.165, 1.54) is 0 Å². The van der Waals surface area contributed by atoms with Crippen molar-refractivity contribution in [1.29, 1.82) is 0 Å². The average Bonchev–Trinajstić information content (AvgIpc) is 2.94. The van der Waals surface area contributed by atoms with Gasteiger partial charge in [-0.3, -0.25) is 4.79 Å². The number of aromatic nitrogens is 2. The first-order valence-corrected chi connectivity index (χ1v) is 9.50. The van der Waals surface area contributed by atoms with Crippen LogP contribution in [0.3, 0.4) is 0 Å². The summed E-state index contributed by atoms with van der Waals surface area (Å²) < 4.78 is 0. The Labute approximate surface area is 160 Å². The maximum absolute atomic E-state index is 12.9. The molecule has 2 aromatic heterocycles. The number of rotatable bonds is 2. The highest BCUT2D eigenvalue weighted by atomic mass is 35.5. The molecule has 0 unspecified atom stereocenters. The van der Waals surface area contributed by atoms with Crippen LogP contribution in [0.4, 0.5) is 0 Å². The van der Waals surface area contributed by atoms with Crippen molar-refractivity contribution in [2.45, 2.75) is 20.8 Å². The quantitative estimate of drug-likeness (QED) is 0.470. The Kier molecular flexibility index (Phi) is 4.17. The van der Waals surface area contributed by atoms with Gasteiger partial charge in [0.05, 0.1) is 5.39 Å². The maximum atomic E-state index is 12.9. The van der Waals surface area contributed by atoms with Crippen molar-refractivity contribution in [2.75, 3.05) is 0 Å². The van der Waals surface area contributed by atoms with Gasteiger partial charge in [0.2, 0.25) is 0 Å². The second kappa shape index (κ2) is 6.38. The molecule has 0 atom stereocenters. The van der Waals surface area contributed by atoms with Crippen LogP contribution >= 0.6 is 22.9 Å². The van der Waals surface area contributed by atoms with E-state index < -0.39 is 0 Å². The third-order valence-electron chi connectivity index (χ3n) is 4.48. The zero-order valence-corrected chi connectivity index (χ0v) is 16.3. The van der Waals surface area contributed by atoms with Crippen molar-refractivity contribution in [3.63, 3.8) is 0 Å². The lowest BCUT2D eigenvalue weighted by Crippen LogP contribution is -2.09. The Morgan fingerprint density at radius 2 is 1.85 bits per heavy atom. The molecular weight excluding hydrogens is 364 g/mol. The first-order chi connectivity index (χ1) is 12.4. The number of nitrogens with zero attached hydrogens (tertiary/aromatic N) is 1. The van der Waals surface area contributed by atoms with E-state index in [0.29, 0.717) is 11.2 Å². The predicted molar refractivity (Wildman–Crippen MR) is 110 cm³/mol. The van der Waals surface area contributed by atoms with Crippen LogP contribution in [0.25, 0.3) is 32.7 Å². The lowest BCUT2D eigenvalue weighted by atomic mass is 10.0. The number of nitrogens with one attached hydrogen (secondary N) is 1. The van der Waals surface area contributed by atoms with E-state index in [2.05, 4.69) is 4.98 Å². The van der Waals surface area contributed by atoms with Crippen molar-refractivity contribution >= 4 is 33.2 Å². The van der Waals surface area contributed by atoms with Crippen molar-refractivity contribution in [2.24, 2.45) is 0 Å². The fourth-order valence-electron chi connectivity index (χ4n) is 3.20. The number of fused-ring (bicyclic) bond motifs is 1. The molecule has 3 nitrogen and oxygen atoms in total. The molecule has 0 aliphatic rings. The van der Waals surface area contributed by atoms with Crippen LogP contribution in [0, 0.1) is 20.8 Å². The monoisotopic (exact) mass is 380 g/mol. The Balaban J connectivity index is 1.96. The SMILES string of the molecule is Cc1cccc(-c2nc3sc(C)c(-c4ccc(Cl)c(C)c4)c3c(=O)[nH]2)c1. The number of aryl methyl sites for hydroxylation is 3. The summed E-state index contributed by atoms with van der Waals surface area (Å²) in [5, 5.41) is 1.37. The molecule has 130 valence electrons. The van der Waals surface area contributed by atoms with Crippen LogP contribution in [0.2, 0.25) is 5.02 Å². The number of hydrogen-bond acceptors (Lipinski definition) is 3. The summed E-state index contributed by atoms with van der Waals surface area (Å²) in [5.41, 5.74) is 4.85. The molecule has 4 rings (SSSR count). The van der Waals surface area contributed by atoms with Crippen molar-refractivity contribution in [3.8, 4) is 22.5 Å². The fraction of sp³-hybridized carbons (Fsp3) is 0.143. The van der Waals surface area contributed by atoms with Crippen molar-refractivity contribution < 1.29 is 0 Å². The Morgan fingerprint density at radius 3 is 2.58 bits per heavy atom. The van der Waals surface area contributed by atoms with E-state index in [1.807, 2.05) is 63.2 Å². The van der Waals surface area contributed by atoms with Crippen LogP contribution in [-0.2, 0) is 0 Å². The van der Waals surface area contributed by atoms with Crippen LogP contribution in [0.5, 0.6) is 0 Å². The molecule has 0 amide bonds. The van der Waals surface area contributed by atoms with Gasteiger partial charge in [0.25, 0.3) is 5.56 Å². The van der Waals surface area contributed by atoms with E-state index >= 15 is 0 Å². The summed E-state index contributed by atoms with van der Waals surface area (Å²) in [6.45, 7) is 6.02. The summed E-state index contributed by atoms with van der Waals surface area (Å²) in [6, 6.07) is 13.8. The van der Waals surface area contributed by atoms with Gasteiger partial charge in [-0.1, -0.05) is 41.4 Å². The normalized spacial score (nSPS) is 11.2. The van der Waals surface area contributed by atoms with Gasteiger partial charge in [-0.15, -0.1) is 11.3 Å². The van der Waals surface area contributed by atoms with E-state index in [9.17, 15) is 4.79 Å².